The van der Waals surface area contributed by atoms with Crippen LogP contribution in [-0.2, 0) is 0 Å². The predicted octanol–water partition coefficient (Wildman–Crippen LogP) is 4.64. The van der Waals surface area contributed by atoms with E-state index in [2.05, 4.69) is 0 Å². The fourth-order valence-corrected chi connectivity index (χ4v) is 1.98. The number of benzene rings is 2. The quantitative estimate of drug-likeness (QED) is 0.720. The van der Waals surface area contributed by atoms with E-state index in [1.807, 2.05) is 26.0 Å². The number of hydrogen-bond donors (Lipinski definition) is 3. The third-order valence-electron chi connectivity index (χ3n) is 3.17. The second kappa shape index (κ2) is 6.85. The lowest BCUT2D eigenvalue weighted by Gasteiger charge is -2.05. The highest BCUT2D eigenvalue weighted by molar-refractivity contribution is 5.74. The van der Waals surface area contributed by atoms with Crippen molar-refractivity contribution in [3.63, 3.8) is 0 Å². The molecule has 0 unspecified atom stereocenters. The maximum Gasteiger partial charge on any atom is 0.127 e. The Morgan fingerprint density at radius 1 is 0.773 bits per heavy atom. The van der Waals surface area contributed by atoms with Gasteiger partial charge in [-0.3, -0.25) is 0 Å². The van der Waals surface area contributed by atoms with Crippen molar-refractivity contribution in [1.29, 1.82) is 0 Å². The molecule has 0 bridgehead atoms. The zero-order valence-corrected chi connectivity index (χ0v) is 12.7. The zero-order chi connectivity index (χ0) is 16.1. The van der Waals surface area contributed by atoms with Crippen molar-refractivity contribution in [3.8, 4) is 17.2 Å². The summed E-state index contributed by atoms with van der Waals surface area (Å²) in [4.78, 5) is 0. The molecule has 0 saturated heterocycles. The zero-order valence-electron chi connectivity index (χ0n) is 12.7. The number of phenolic OH excluding ortho intramolecular Hbond substituents is 3. The van der Waals surface area contributed by atoms with Crippen LogP contribution in [0.3, 0.4) is 0 Å². The van der Waals surface area contributed by atoms with Gasteiger partial charge in [0.2, 0.25) is 0 Å². The first-order valence-electron chi connectivity index (χ1n) is 7.17. The average Bonchev–Trinajstić information content (AvgIpc) is 2.45. The van der Waals surface area contributed by atoms with Gasteiger partial charge in [0.1, 0.15) is 17.2 Å². The van der Waals surface area contributed by atoms with Crippen LogP contribution in [-0.4, -0.2) is 15.3 Å². The van der Waals surface area contributed by atoms with Crippen LogP contribution >= 0.6 is 0 Å². The molecule has 0 aliphatic rings. The molecule has 0 radical (unpaired) electrons. The van der Waals surface area contributed by atoms with Gasteiger partial charge in [-0.05, 0) is 41.3 Å². The highest BCUT2D eigenvalue weighted by Crippen LogP contribution is 2.31. The van der Waals surface area contributed by atoms with Crippen molar-refractivity contribution in [2.24, 2.45) is 5.92 Å². The Morgan fingerprint density at radius 3 is 1.86 bits per heavy atom. The van der Waals surface area contributed by atoms with Gasteiger partial charge in [0.25, 0.3) is 0 Å². The minimum absolute atomic E-state index is 0.0438. The Kier molecular flexibility index (Phi) is 4.89. The molecular formula is C19H20O3. The second-order valence-corrected chi connectivity index (χ2v) is 5.50. The molecule has 0 heterocycles. The standard InChI is InChI=1S/C19H20O3/c1-13(2)3-10-17-18(21)11-15(12-19(17)22)5-4-14-6-8-16(20)9-7-14/h3-13,20-22H,1-2H3/b5-4-,10-3+. The van der Waals surface area contributed by atoms with Crippen LogP contribution in [0.1, 0.15) is 30.5 Å². The number of rotatable bonds is 4. The molecule has 2 rings (SSSR count). The normalized spacial score (nSPS) is 11.8. The van der Waals surface area contributed by atoms with Crippen LogP contribution in [0.4, 0.5) is 0 Å². The van der Waals surface area contributed by atoms with E-state index >= 15 is 0 Å². The van der Waals surface area contributed by atoms with E-state index < -0.39 is 0 Å². The van der Waals surface area contributed by atoms with E-state index in [9.17, 15) is 15.3 Å². The summed E-state index contributed by atoms with van der Waals surface area (Å²) in [5.74, 6) is 0.645. The Balaban J connectivity index is 2.24. The first-order valence-corrected chi connectivity index (χ1v) is 7.17. The molecule has 0 saturated carbocycles. The molecule has 0 amide bonds. The topological polar surface area (TPSA) is 60.7 Å². The maximum atomic E-state index is 10.0. The van der Waals surface area contributed by atoms with Crippen LogP contribution in [0.25, 0.3) is 18.2 Å². The Hall–Kier alpha value is -2.68. The highest BCUT2D eigenvalue weighted by atomic mass is 16.3. The van der Waals surface area contributed by atoms with Gasteiger partial charge in [-0.1, -0.05) is 50.3 Å². The first kappa shape index (κ1) is 15.7. The van der Waals surface area contributed by atoms with Gasteiger partial charge in [0.15, 0.2) is 0 Å². The van der Waals surface area contributed by atoms with E-state index in [0.29, 0.717) is 17.0 Å². The fourth-order valence-electron chi connectivity index (χ4n) is 1.98. The number of hydrogen-bond acceptors (Lipinski definition) is 3. The molecule has 0 aromatic heterocycles. The van der Waals surface area contributed by atoms with Crippen LogP contribution in [0.15, 0.2) is 42.5 Å². The summed E-state index contributed by atoms with van der Waals surface area (Å²) in [6, 6.07) is 9.99. The Labute approximate surface area is 130 Å². The van der Waals surface area contributed by atoms with Gasteiger partial charge >= 0.3 is 0 Å². The van der Waals surface area contributed by atoms with Crippen molar-refractivity contribution < 1.29 is 15.3 Å². The molecule has 2 aromatic rings. The largest absolute Gasteiger partial charge is 0.508 e. The van der Waals surface area contributed by atoms with Gasteiger partial charge in [0.05, 0.1) is 5.56 Å². The summed E-state index contributed by atoms with van der Waals surface area (Å²) < 4.78 is 0. The van der Waals surface area contributed by atoms with Gasteiger partial charge in [-0.25, -0.2) is 0 Å². The maximum absolute atomic E-state index is 10.0. The van der Waals surface area contributed by atoms with E-state index in [4.69, 9.17) is 0 Å². The molecule has 0 spiro atoms. The molecule has 2 aromatic carbocycles. The lowest BCUT2D eigenvalue weighted by molar-refractivity contribution is 0.448. The monoisotopic (exact) mass is 296 g/mol. The summed E-state index contributed by atoms with van der Waals surface area (Å²) in [5.41, 5.74) is 2.04. The van der Waals surface area contributed by atoms with E-state index in [-0.39, 0.29) is 17.2 Å². The van der Waals surface area contributed by atoms with E-state index in [1.54, 1.807) is 48.6 Å². The lowest BCUT2D eigenvalue weighted by atomic mass is 10.1. The highest BCUT2D eigenvalue weighted by Gasteiger charge is 2.06. The molecule has 3 N–H and O–H groups in total. The third kappa shape index (κ3) is 4.16. The average molecular weight is 296 g/mol. The summed E-state index contributed by atoms with van der Waals surface area (Å²) in [5, 5.41) is 29.3. The number of allylic oxidation sites excluding steroid dienone is 1. The van der Waals surface area contributed by atoms with Crippen LogP contribution in [0.2, 0.25) is 0 Å². The summed E-state index contributed by atoms with van der Waals surface area (Å²) in [6.45, 7) is 4.05. The van der Waals surface area contributed by atoms with Crippen molar-refractivity contribution in [2.45, 2.75) is 13.8 Å². The fraction of sp³-hybridized carbons (Fsp3) is 0.158. The van der Waals surface area contributed by atoms with Gasteiger partial charge in [0, 0.05) is 0 Å². The Bertz CT molecular complexity index is 672. The molecule has 0 aliphatic carbocycles. The lowest BCUT2D eigenvalue weighted by Crippen LogP contribution is -1.83. The molecule has 3 nitrogen and oxygen atoms in total. The van der Waals surface area contributed by atoms with Gasteiger partial charge in [-0.15, -0.1) is 0 Å². The SMILES string of the molecule is CC(C)/C=C/c1c(O)cc(/C=C\c2ccc(O)cc2)cc1O. The summed E-state index contributed by atoms with van der Waals surface area (Å²) in [7, 11) is 0. The van der Waals surface area contributed by atoms with Gasteiger partial charge in [-0.2, -0.15) is 0 Å². The van der Waals surface area contributed by atoms with Gasteiger partial charge < -0.3 is 15.3 Å². The molecule has 0 atom stereocenters. The summed E-state index contributed by atoms with van der Waals surface area (Å²) >= 11 is 0. The molecule has 0 fully saturated rings. The molecule has 22 heavy (non-hydrogen) atoms. The molecule has 114 valence electrons. The molecule has 3 heteroatoms. The number of phenols is 3. The molecule has 0 aliphatic heterocycles. The minimum atomic E-state index is 0.0438. The number of aromatic hydroxyl groups is 3. The predicted molar refractivity (Wildman–Crippen MR) is 90.7 cm³/mol. The van der Waals surface area contributed by atoms with Crippen molar-refractivity contribution in [2.75, 3.05) is 0 Å². The van der Waals surface area contributed by atoms with Crippen LogP contribution in [0.5, 0.6) is 17.2 Å². The minimum Gasteiger partial charge on any atom is -0.508 e. The van der Waals surface area contributed by atoms with Crippen LogP contribution < -0.4 is 0 Å². The van der Waals surface area contributed by atoms with E-state index in [1.165, 1.54) is 0 Å². The third-order valence-corrected chi connectivity index (χ3v) is 3.17. The van der Waals surface area contributed by atoms with Crippen molar-refractivity contribution >= 4 is 18.2 Å². The first-order chi connectivity index (χ1) is 10.5. The van der Waals surface area contributed by atoms with E-state index in [0.717, 1.165) is 5.56 Å². The second-order valence-electron chi connectivity index (χ2n) is 5.50. The van der Waals surface area contributed by atoms with Crippen LogP contribution in [0, 0.1) is 5.92 Å². The Morgan fingerprint density at radius 2 is 1.32 bits per heavy atom. The smallest absolute Gasteiger partial charge is 0.127 e. The summed E-state index contributed by atoms with van der Waals surface area (Å²) in [6.07, 6.45) is 7.28. The molecular weight excluding hydrogens is 276 g/mol. The van der Waals surface area contributed by atoms with Crippen molar-refractivity contribution in [1.82, 2.24) is 0 Å². The van der Waals surface area contributed by atoms with Crippen molar-refractivity contribution in [3.05, 3.63) is 59.2 Å².